The lowest BCUT2D eigenvalue weighted by Gasteiger charge is -2.40. The Bertz CT molecular complexity index is 1950. The van der Waals surface area contributed by atoms with Crippen molar-refractivity contribution < 1.29 is 4.39 Å². The average molecular weight is 679 g/mol. The fourth-order valence-corrected chi connectivity index (χ4v) is 7.38. The third kappa shape index (κ3) is 6.53. The summed E-state index contributed by atoms with van der Waals surface area (Å²) in [6.45, 7) is 12.8. The third-order valence-electron chi connectivity index (χ3n) is 8.36. The molecule has 1 atom stereocenters. The number of nitrogens with zero attached hydrogens (tertiary/aromatic N) is 7. The molecule has 4 heterocycles. The second kappa shape index (κ2) is 12.8. The standard InChI is InChI=1S/C33H34Cl2FN9S/c1-18-32(46-19(2)39-18)31(28-17-45(43-42-28)23-8-10-44(11-9-23)33(3,4)5)41-22-12-24-29(40-21-6-7-27(36)25(34)13-21)20(15-37)16-38-30(24)26(35)14-22/h6-7,12-14,16-17,23,31,41H,8-11H2,1-5H3,(H,38,40). The Labute approximate surface area is 281 Å². The first kappa shape index (κ1) is 32.1. The van der Waals surface area contributed by atoms with E-state index >= 15 is 0 Å². The molecule has 13 heteroatoms. The van der Waals surface area contributed by atoms with Gasteiger partial charge in [-0.05, 0) is 77.8 Å². The Kier molecular flexibility index (Phi) is 8.91. The number of hydrogen-bond donors (Lipinski definition) is 2. The fourth-order valence-electron chi connectivity index (χ4n) is 5.94. The molecule has 6 rings (SSSR count). The minimum Gasteiger partial charge on any atom is -0.372 e. The molecule has 238 valence electrons. The summed E-state index contributed by atoms with van der Waals surface area (Å²) >= 11 is 14.5. The van der Waals surface area contributed by atoms with Crippen molar-refractivity contribution >= 4 is 62.5 Å². The van der Waals surface area contributed by atoms with Gasteiger partial charge in [-0.1, -0.05) is 28.4 Å². The summed E-state index contributed by atoms with van der Waals surface area (Å²) in [6.07, 6.45) is 5.50. The molecule has 2 N–H and O–H groups in total. The number of thiazole rings is 1. The average Bonchev–Trinajstić information content (AvgIpc) is 3.64. The Hall–Kier alpha value is -3.82. The van der Waals surface area contributed by atoms with E-state index in [1.54, 1.807) is 17.4 Å². The van der Waals surface area contributed by atoms with Gasteiger partial charge in [0.05, 0.1) is 54.6 Å². The lowest BCUT2D eigenvalue weighted by atomic mass is 9.98. The number of halogens is 3. The second-order valence-corrected chi connectivity index (χ2v) is 14.6. The van der Waals surface area contributed by atoms with Crippen LogP contribution in [0.25, 0.3) is 10.9 Å². The summed E-state index contributed by atoms with van der Waals surface area (Å²) in [5, 5.41) is 28.0. The number of aryl methyl sites for hydroxylation is 2. The summed E-state index contributed by atoms with van der Waals surface area (Å²) in [6, 6.07) is 10.1. The van der Waals surface area contributed by atoms with Crippen LogP contribution in [0, 0.1) is 31.0 Å². The van der Waals surface area contributed by atoms with E-state index in [1.807, 2.05) is 36.9 Å². The largest absolute Gasteiger partial charge is 0.372 e. The molecule has 5 aromatic rings. The van der Waals surface area contributed by atoms with Gasteiger partial charge in [-0.15, -0.1) is 16.4 Å². The van der Waals surface area contributed by atoms with E-state index in [2.05, 4.69) is 62.7 Å². The SMILES string of the molecule is Cc1nc(C)c(C(Nc2cc(Cl)c3ncc(C#N)c(Nc4ccc(F)c(Cl)c4)c3c2)c2cn(C3CCN(C(C)(C)C)CC3)nn2)s1. The van der Waals surface area contributed by atoms with Crippen LogP contribution in [0.5, 0.6) is 0 Å². The molecule has 9 nitrogen and oxygen atoms in total. The van der Waals surface area contributed by atoms with Crippen LogP contribution >= 0.6 is 34.5 Å². The number of benzene rings is 2. The highest BCUT2D eigenvalue weighted by Gasteiger charge is 2.30. The molecular formula is C33H34Cl2FN9S. The van der Waals surface area contributed by atoms with Gasteiger partial charge in [-0.3, -0.25) is 9.88 Å². The molecule has 0 saturated carbocycles. The fraction of sp³-hybridized carbons (Fsp3) is 0.364. The van der Waals surface area contributed by atoms with E-state index in [0.29, 0.717) is 38.6 Å². The molecule has 1 aliphatic rings. The first-order valence-electron chi connectivity index (χ1n) is 15.0. The summed E-state index contributed by atoms with van der Waals surface area (Å²) in [4.78, 5) is 12.7. The zero-order valence-electron chi connectivity index (χ0n) is 26.2. The van der Waals surface area contributed by atoms with Crippen molar-refractivity contribution in [2.45, 2.75) is 65.1 Å². The van der Waals surface area contributed by atoms with E-state index in [0.717, 1.165) is 47.2 Å². The number of fused-ring (bicyclic) bond motifs is 1. The van der Waals surface area contributed by atoms with E-state index in [1.165, 1.54) is 18.3 Å². The smallest absolute Gasteiger partial charge is 0.141 e. The number of nitriles is 1. The Balaban J connectivity index is 1.37. The van der Waals surface area contributed by atoms with Crippen LogP contribution in [0.4, 0.5) is 21.5 Å². The highest BCUT2D eigenvalue weighted by atomic mass is 35.5. The number of pyridine rings is 1. The molecule has 1 aliphatic heterocycles. The Morgan fingerprint density at radius 1 is 1.09 bits per heavy atom. The minimum absolute atomic E-state index is 0.0341. The quantitative estimate of drug-likeness (QED) is 0.176. The van der Waals surface area contributed by atoms with Crippen molar-refractivity contribution in [2.75, 3.05) is 23.7 Å². The van der Waals surface area contributed by atoms with Gasteiger partial charge in [0.2, 0.25) is 0 Å². The van der Waals surface area contributed by atoms with Gasteiger partial charge in [0.25, 0.3) is 0 Å². The number of nitrogens with one attached hydrogen (secondary N) is 2. The Morgan fingerprint density at radius 3 is 2.48 bits per heavy atom. The van der Waals surface area contributed by atoms with Gasteiger partial charge in [0.15, 0.2) is 0 Å². The van der Waals surface area contributed by atoms with Crippen LogP contribution < -0.4 is 10.6 Å². The summed E-state index contributed by atoms with van der Waals surface area (Å²) in [5.74, 6) is -0.534. The predicted octanol–water partition coefficient (Wildman–Crippen LogP) is 8.60. The van der Waals surface area contributed by atoms with E-state index in [9.17, 15) is 9.65 Å². The zero-order chi connectivity index (χ0) is 32.7. The van der Waals surface area contributed by atoms with E-state index in [-0.39, 0.29) is 22.6 Å². The molecule has 0 amide bonds. The van der Waals surface area contributed by atoms with E-state index in [4.69, 9.17) is 23.2 Å². The molecule has 3 aromatic heterocycles. The summed E-state index contributed by atoms with van der Waals surface area (Å²) < 4.78 is 15.9. The molecule has 0 radical (unpaired) electrons. The second-order valence-electron chi connectivity index (χ2n) is 12.5. The molecule has 0 bridgehead atoms. The number of aromatic nitrogens is 5. The Morgan fingerprint density at radius 2 is 1.83 bits per heavy atom. The number of anilines is 3. The van der Waals surface area contributed by atoms with Crippen LogP contribution in [0.2, 0.25) is 10.0 Å². The minimum atomic E-state index is -0.534. The molecule has 0 spiro atoms. The number of likely N-dealkylation sites (tertiary alicyclic amines) is 1. The van der Waals surface area contributed by atoms with Crippen molar-refractivity contribution in [3.8, 4) is 6.07 Å². The molecule has 1 saturated heterocycles. The van der Waals surface area contributed by atoms with Crippen LogP contribution in [0.15, 0.2) is 42.7 Å². The summed E-state index contributed by atoms with van der Waals surface area (Å²) in [5.41, 5.74) is 4.31. The van der Waals surface area contributed by atoms with Gasteiger partial charge in [0.1, 0.15) is 23.6 Å². The van der Waals surface area contributed by atoms with Crippen molar-refractivity contribution in [3.63, 3.8) is 0 Å². The number of hydrogen-bond acceptors (Lipinski definition) is 9. The first-order chi connectivity index (χ1) is 21.9. The van der Waals surface area contributed by atoms with Crippen molar-refractivity contribution in [1.29, 1.82) is 5.26 Å². The van der Waals surface area contributed by atoms with Crippen LogP contribution in [0.3, 0.4) is 0 Å². The number of piperidine rings is 1. The van der Waals surface area contributed by atoms with Gasteiger partial charge in [0, 0.05) is 41.6 Å². The molecular weight excluding hydrogens is 644 g/mol. The molecule has 2 aromatic carbocycles. The molecule has 0 aliphatic carbocycles. The predicted molar refractivity (Wildman–Crippen MR) is 183 cm³/mol. The van der Waals surface area contributed by atoms with Crippen molar-refractivity contribution in [2.24, 2.45) is 0 Å². The maximum Gasteiger partial charge on any atom is 0.141 e. The lowest BCUT2D eigenvalue weighted by Crippen LogP contribution is -2.46. The first-order valence-corrected chi connectivity index (χ1v) is 16.6. The van der Waals surface area contributed by atoms with E-state index < -0.39 is 5.82 Å². The van der Waals surface area contributed by atoms with Gasteiger partial charge < -0.3 is 10.6 Å². The van der Waals surface area contributed by atoms with Crippen LogP contribution in [-0.4, -0.2) is 48.5 Å². The van der Waals surface area contributed by atoms with Gasteiger partial charge in [-0.25, -0.2) is 14.1 Å². The van der Waals surface area contributed by atoms with Gasteiger partial charge >= 0.3 is 0 Å². The topological polar surface area (TPSA) is 108 Å². The lowest BCUT2D eigenvalue weighted by molar-refractivity contribution is 0.0866. The summed E-state index contributed by atoms with van der Waals surface area (Å²) in [7, 11) is 0. The maximum atomic E-state index is 13.9. The van der Waals surface area contributed by atoms with Gasteiger partial charge in [-0.2, -0.15) is 5.26 Å². The highest BCUT2D eigenvalue weighted by Crippen LogP contribution is 2.39. The number of rotatable bonds is 7. The van der Waals surface area contributed by atoms with Crippen molar-refractivity contribution in [1.82, 2.24) is 29.9 Å². The molecule has 1 unspecified atom stereocenters. The maximum absolute atomic E-state index is 13.9. The molecule has 1 fully saturated rings. The van der Waals surface area contributed by atoms with Crippen LogP contribution in [-0.2, 0) is 0 Å². The third-order valence-corrected chi connectivity index (χ3v) is 10.1. The zero-order valence-corrected chi connectivity index (χ0v) is 28.5. The highest BCUT2D eigenvalue weighted by molar-refractivity contribution is 7.11. The van der Waals surface area contributed by atoms with Crippen molar-refractivity contribution in [3.05, 3.63) is 85.4 Å². The molecule has 46 heavy (non-hydrogen) atoms. The monoisotopic (exact) mass is 677 g/mol. The normalized spacial score (nSPS) is 15.2. The van der Waals surface area contributed by atoms with Crippen LogP contribution in [0.1, 0.15) is 72.5 Å².